The van der Waals surface area contributed by atoms with Crippen LogP contribution in [0.2, 0.25) is 0 Å². The molecule has 22 heavy (non-hydrogen) atoms. The fourth-order valence-electron chi connectivity index (χ4n) is 2.23. The molecule has 120 valence electrons. The Morgan fingerprint density at radius 3 is 2.36 bits per heavy atom. The van der Waals surface area contributed by atoms with Crippen molar-refractivity contribution >= 4 is 13.4 Å². The van der Waals surface area contributed by atoms with Crippen LogP contribution in [0.25, 0.3) is 0 Å². The van der Waals surface area contributed by atoms with Gasteiger partial charge in [-0.3, -0.25) is 13.6 Å². The van der Waals surface area contributed by atoms with Gasteiger partial charge in [0.2, 0.25) is 5.90 Å². The lowest BCUT2D eigenvalue weighted by Crippen LogP contribution is -2.55. The van der Waals surface area contributed by atoms with Crippen LogP contribution < -0.4 is 0 Å². The van der Waals surface area contributed by atoms with E-state index < -0.39 is 36.8 Å². The Bertz CT molecular complexity index is 537. The van der Waals surface area contributed by atoms with E-state index in [0.29, 0.717) is 6.42 Å². The van der Waals surface area contributed by atoms with Gasteiger partial charge in [0.1, 0.15) is 0 Å². The van der Waals surface area contributed by atoms with Crippen LogP contribution in [0.3, 0.4) is 0 Å². The van der Waals surface area contributed by atoms with Crippen molar-refractivity contribution in [1.82, 2.24) is 0 Å². The molecule has 0 fully saturated rings. The van der Waals surface area contributed by atoms with Crippen LogP contribution >= 0.6 is 0 Å². The number of nitrogens with zero attached hydrogens (tertiary/aromatic N) is 1. The molecule has 0 aromatic heterocycles. The topological polar surface area (TPSA) is 30.8 Å². The van der Waals surface area contributed by atoms with Crippen LogP contribution in [0.5, 0.6) is 0 Å². The molecule has 1 aromatic carbocycles. The van der Waals surface area contributed by atoms with Gasteiger partial charge in [-0.15, -0.1) is 0 Å². The van der Waals surface area contributed by atoms with Crippen LogP contribution in [0, 0.1) is 0 Å². The van der Waals surface area contributed by atoms with Gasteiger partial charge in [-0.05, 0) is 6.92 Å². The second kappa shape index (κ2) is 6.24. The normalized spacial score (nSPS) is 21.5. The van der Waals surface area contributed by atoms with Gasteiger partial charge in [0.05, 0.1) is 6.10 Å². The van der Waals surface area contributed by atoms with Crippen molar-refractivity contribution in [2.45, 2.75) is 31.2 Å². The van der Waals surface area contributed by atoms with Crippen molar-refractivity contribution in [3.05, 3.63) is 35.9 Å². The number of hydrogen-bond donors (Lipinski definition) is 0. The number of rotatable bonds is 4. The molecule has 0 saturated carbocycles. The molecule has 2 atom stereocenters. The smallest absolute Gasteiger partial charge is 0.475 e. The fourth-order valence-corrected chi connectivity index (χ4v) is 2.23. The summed E-state index contributed by atoms with van der Waals surface area (Å²) in [5.74, 6) is -0.884. The van der Waals surface area contributed by atoms with Gasteiger partial charge in [-0.25, -0.2) is 0 Å². The molecule has 0 saturated heterocycles. The van der Waals surface area contributed by atoms with Gasteiger partial charge in [0.25, 0.3) is 5.60 Å². The van der Waals surface area contributed by atoms with E-state index in [-0.39, 0.29) is 6.54 Å². The third kappa shape index (κ3) is 3.09. The summed E-state index contributed by atoms with van der Waals surface area (Å²) in [6, 6.07) is 6.19. The quantitative estimate of drug-likeness (QED) is 0.627. The van der Waals surface area contributed by atoms with E-state index >= 15 is 0 Å². The second-order valence-electron chi connectivity index (χ2n) is 4.83. The summed E-state index contributed by atoms with van der Waals surface area (Å²) in [6.07, 6.45) is -5.33. The molecule has 9 heteroatoms. The van der Waals surface area contributed by atoms with Gasteiger partial charge in [-0.1, -0.05) is 30.3 Å². The lowest BCUT2D eigenvalue weighted by molar-refractivity contribution is -0.237. The molecule has 0 bridgehead atoms. The number of halogens is 5. The van der Waals surface area contributed by atoms with Crippen LogP contribution in [0.1, 0.15) is 18.9 Å². The van der Waals surface area contributed by atoms with Gasteiger partial charge in [-0.2, -0.15) is 13.2 Å². The van der Waals surface area contributed by atoms with Crippen molar-refractivity contribution in [3.8, 4) is 0 Å². The van der Waals surface area contributed by atoms with Gasteiger partial charge >= 0.3 is 13.6 Å². The number of aliphatic imine (C=N–C) groups is 1. The van der Waals surface area contributed by atoms with Crippen LogP contribution in [-0.2, 0) is 15.0 Å². The summed E-state index contributed by atoms with van der Waals surface area (Å²) >= 11 is 0. The standard InChI is InChI=1S/C13H13BF5NO2/c1-9-7-8-20-11(21-9)12(13(15,16)17,22-14(18)19)10-5-3-2-4-6-10/h2-6,9H,7-8H2,1H3/t9?,12-/m1/s1. The molecule has 0 radical (unpaired) electrons. The second-order valence-corrected chi connectivity index (χ2v) is 4.83. The van der Waals surface area contributed by atoms with Gasteiger partial charge in [0.15, 0.2) is 0 Å². The molecule has 3 nitrogen and oxygen atoms in total. The first-order chi connectivity index (χ1) is 10.3. The van der Waals surface area contributed by atoms with Crippen molar-refractivity contribution < 1.29 is 31.2 Å². The first kappa shape index (κ1) is 16.7. The summed E-state index contributed by atoms with van der Waals surface area (Å²) in [5, 5.41) is 0. The van der Waals surface area contributed by atoms with Crippen LogP contribution in [-0.4, -0.2) is 32.2 Å². The Morgan fingerprint density at radius 2 is 1.86 bits per heavy atom. The predicted octanol–water partition coefficient (Wildman–Crippen LogP) is 3.59. The Hall–Kier alpha value is -1.64. The molecule has 0 aliphatic carbocycles. The number of benzene rings is 1. The molecule has 2 rings (SSSR count). The largest absolute Gasteiger partial charge is 0.722 e. The molecule has 0 N–H and O–H groups in total. The molecule has 0 amide bonds. The maximum absolute atomic E-state index is 13.7. The first-order valence-corrected chi connectivity index (χ1v) is 6.57. The van der Waals surface area contributed by atoms with Crippen LogP contribution in [0.15, 0.2) is 35.3 Å². The maximum Gasteiger partial charge on any atom is 0.722 e. The average Bonchev–Trinajstić information content (AvgIpc) is 2.44. The number of hydrogen-bond acceptors (Lipinski definition) is 3. The zero-order chi connectivity index (χ0) is 16.4. The summed E-state index contributed by atoms with van der Waals surface area (Å²) in [6.45, 7) is 1.59. The summed E-state index contributed by atoms with van der Waals surface area (Å²) in [7, 11) is -3.65. The highest BCUT2D eigenvalue weighted by molar-refractivity contribution is 6.35. The fraction of sp³-hybridized carbons (Fsp3) is 0.462. The predicted molar refractivity (Wildman–Crippen MR) is 70.7 cm³/mol. The van der Waals surface area contributed by atoms with Crippen molar-refractivity contribution in [2.75, 3.05) is 6.54 Å². The van der Waals surface area contributed by atoms with E-state index in [0.717, 1.165) is 12.1 Å². The Labute approximate surface area is 124 Å². The monoisotopic (exact) mass is 321 g/mol. The lowest BCUT2D eigenvalue weighted by Gasteiger charge is -2.38. The Morgan fingerprint density at radius 1 is 1.23 bits per heavy atom. The third-order valence-electron chi connectivity index (χ3n) is 3.25. The minimum Gasteiger partial charge on any atom is -0.475 e. The van der Waals surface area contributed by atoms with E-state index in [2.05, 4.69) is 9.65 Å². The molecule has 1 heterocycles. The average molecular weight is 321 g/mol. The summed E-state index contributed by atoms with van der Waals surface area (Å²) in [5.41, 5.74) is -3.92. The molecule has 1 aliphatic rings. The summed E-state index contributed by atoms with van der Waals surface area (Å²) < 4.78 is 75.8. The molecular weight excluding hydrogens is 308 g/mol. The minimum atomic E-state index is -5.17. The highest BCUT2D eigenvalue weighted by atomic mass is 19.4. The number of alkyl halides is 3. The molecule has 1 aromatic rings. The zero-order valence-corrected chi connectivity index (χ0v) is 11.6. The van der Waals surface area contributed by atoms with E-state index in [4.69, 9.17) is 4.74 Å². The molecular formula is C13H13BF5NO2. The lowest BCUT2D eigenvalue weighted by atomic mass is 9.90. The molecule has 0 spiro atoms. The van der Waals surface area contributed by atoms with Crippen LogP contribution in [0.4, 0.5) is 21.8 Å². The molecule has 1 aliphatic heterocycles. The number of ether oxygens (including phenoxy) is 1. The maximum atomic E-state index is 13.7. The van der Waals surface area contributed by atoms with E-state index in [9.17, 15) is 21.8 Å². The van der Waals surface area contributed by atoms with Gasteiger partial charge < -0.3 is 9.39 Å². The Kier molecular flexibility index (Phi) is 4.74. The van der Waals surface area contributed by atoms with E-state index in [1.165, 1.54) is 18.2 Å². The van der Waals surface area contributed by atoms with E-state index in [1.54, 1.807) is 6.92 Å². The summed E-state index contributed by atoms with van der Waals surface area (Å²) in [4.78, 5) is 3.66. The highest BCUT2D eigenvalue weighted by Crippen LogP contribution is 2.45. The van der Waals surface area contributed by atoms with E-state index in [1.807, 2.05) is 0 Å². The molecule has 1 unspecified atom stereocenters. The highest BCUT2D eigenvalue weighted by Gasteiger charge is 2.65. The minimum absolute atomic E-state index is 0.0494. The van der Waals surface area contributed by atoms with Gasteiger partial charge in [0, 0.05) is 18.5 Å². The van der Waals surface area contributed by atoms with Crippen molar-refractivity contribution in [1.29, 1.82) is 0 Å². The third-order valence-corrected chi connectivity index (χ3v) is 3.25. The Balaban J connectivity index is 2.63. The SMILES string of the molecule is CC1CCN=C([C@](OB(F)F)(c2ccccc2)C(F)(F)F)O1. The van der Waals surface area contributed by atoms with Crippen molar-refractivity contribution in [3.63, 3.8) is 0 Å². The first-order valence-electron chi connectivity index (χ1n) is 6.57. The van der Waals surface area contributed by atoms with Crippen molar-refractivity contribution in [2.24, 2.45) is 4.99 Å². The zero-order valence-electron chi connectivity index (χ0n) is 11.6.